The van der Waals surface area contributed by atoms with Gasteiger partial charge >= 0.3 is 0 Å². The Morgan fingerprint density at radius 1 is 0.960 bits per heavy atom. The van der Waals surface area contributed by atoms with Crippen LogP contribution in [0.1, 0.15) is 132 Å². The Labute approximate surface area is 301 Å². The SMILES string of the molecule is C/C=C/C(=O)C[C@@H]1CC[C@]2(O)C[C@H](C)[C@@H](CCCNC(=O)[C@H](C)[C@@H]3CNC(=O)C[C@H](O1)[C@@H](C)CCCC[C@H](CC[C@@H](C)/C=C(\C)[C@H](C)O)O3)O2. The summed E-state index contributed by atoms with van der Waals surface area (Å²) in [4.78, 5) is 39.9. The summed E-state index contributed by atoms with van der Waals surface area (Å²) in [6.45, 7) is 14.4. The number of ether oxygens (including phenoxy) is 3. The van der Waals surface area contributed by atoms with E-state index in [0.717, 1.165) is 44.1 Å². The van der Waals surface area contributed by atoms with Crippen LogP contribution in [0.25, 0.3) is 0 Å². The van der Waals surface area contributed by atoms with Gasteiger partial charge in [-0.1, -0.05) is 52.7 Å². The van der Waals surface area contributed by atoms with Gasteiger partial charge in [0.05, 0.1) is 49.0 Å². The Balaban J connectivity index is 1.90. The molecule has 3 aliphatic heterocycles. The maximum Gasteiger partial charge on any atom is 0.225 e. The summed E-state index contributed by atoms with van der Waals surface area (Å²) in [5.41, 5.74) is 0.953. The van der Waals surface area contributed by atoms with Crippen LogP contribution < -0.4 is 10.6 Å². The third-order valence-electron chi connectivity index (χ3n) is 11.1. The summed E-state index contributed by atoms with van der Waals surface area (Å²) in [5.74, 6) is -1.70. The molecule has 4 bridgehead atoms. The first-order valence-corrected chi connectivity index (χ1v) is 19.5. The number of ketones is 1. The smallest absolute Gasteiger partial charge is 0.225 e. The Morgan fingerprint density at radius 2 is 1.68 bits per heavy atom. The molecule has 0 aliphatic carbocycles. The maximum absolute atomic E-state index is 13.6. The topological polar surface area (TPSA) is 143 Å². The number of carbonyl (C=O) groups excluding carboxylic acids is 3. The summed E-state index contributed by atoms with van der Waals surface area (Å²) >= 11 is 0. The molecule has 3 heterocycles. The fraction of sp³-hybridized carbons (Fsp3) is 0.825. The van der Waals surface area contributed by atoms with Crippen LogP contribution in [0.3, 0.4) is 0 Å². The lowest BCUT2D eigenvalue weighted by molar-refractivity contribution is -0.202. The second-order valence-corrected chi connectivity index (χ2v) is 15.7. The van der Waals surface area contributed by atoms with Crippen molar-refractivity contribution in [1.82, 2.24) is 10.6 Å². The first-order valence-electron chi connectivity index (χ1n) is 19.5. The van der Waals surface area contributed by atoms with E-state index in [2.05, 4.69) is 37.5 Å². The molecular weight excluding hydrogens is 636 g/mol. The van der Waals surface area contributed by atoms with Crippen molar-refractivity contribution in [2.45, 2.75) is 174 Å². The Kier molecular flexibility index (Phi) is 17.6. The average Bonchev–Trinajstić information content (AvgIpc) is 3.35. The van der Waals surface area contributed by atoms with Crippen LogP contribution in [-0.2, 0) is 28.6 Å². The van der Waals surface area contributed by atoms with Crippen LogP contribution in [0.5, 0.6) is 0 Å². The van der Waals surface area contributed by atoms with E-state index in [-0.39, 0.29) is 66.9 Å². The van der Waals surface area contributed by atoms with Crippen molar-refractivity contribution in [2.75, 3.05) is 13.1 Å². The van der Waals surface area contributed by atoms with Gasteiger partial charge in [-0.15, -0.1) is 0 Å². The average molecular weight is 705 g/mol. The van der Waals surface area contributed by atoms with E-state index < -0.39 is 36.1 Å². The zero-order valence-electron chi connectivity index (χ0n) is 32.0. The van der Waals surface area contributed by atoms with E-state index in [1.165, 1.54) is 0 Å². The molecule has 11 atom stereocenters. The fourth-order valence-corrected chi connectivity index (χ4v) is 7.63. The lowest BCUT2D eigenvalue weighted by Gasteiger charge is -2.31. The minimum Gasteiger partial charge on any atom is -0.389 e. The second-order valence-electron chi connectivity index (χ2n) is 15.7. The minimum atomic E-state index is -1.31. The summed E-state index contributed by atoms with van der Waals surface area (Å²) in [5, 5.41) is 27.6. The zero-order valence-corrected chi connectivity index (χ0v) is 32.0. The van der Waals surface area contributed by atoms with Crippen LogP contribution in [0.4, 0.5) is 0 Å². The summed E-state index contributed by atoms with van der Waals surface area (Å²) < 4.78 is 19.7. The molecule has 4 N–H and O–H groups in total. The van der Waals surface area contributed by atoms with Crippen LogP contribution >= 0.6 is 0 Å². The predicted molar refractivity (Wildman–Crippen MR) is 195 cm³/mol. The molecule has 0 saturated carbocycles. The van der Waals surface area contributed by atoms with Gasteiger partial charge in [-0.25, -0.2) is 0 Å². The Bertz CT molecular complexity index is 1140. The summed E-state index contributed by atoms with van der Waals surface area (Å²) in [7, 11) is 0. The fourth-order valence-electron chi connectivity index (χ4n) is 7.63. The molecule has 0 radical (unpaired) electrons. The number of carbonyl (C=O) groups is 3. The van der Waals surface area contributed by atoms with Gasteiger partial charge in [0.25, 0.3) is 0 Å². The van der Waals surface area contributed by atoms with Gasteiger partial charge in [0.15, 0.2) is 11.6 Å². The van der Waals surface area contributed by atoms with Crippen LogP contribution in [0, 0.1) is 23.7 Å². The van der Waals surface area contributed by atoms with E-state index in [1.807, 2.05) is 20.8 Å². The highest BCUT2D eigenvalue weighted by Gasteiger charge is 2.43. The monoisotopic (exact) mass is 704 g/mol. The Hall–Kier alpha value is -2.11. The molecule has 3 aliphatic rings. The molecule has 0 aromatic carbocycles. The van der Waals surface area contributed by atoms with E-state index in [4.69, 9.17) is 14.2 Å². The van der Waals surface area contributed by atoms with Crippen molar-refractivity contribution in [2.24, 2.45) is 23.7 Å². The van der Waals surface area contributed by atoms with Gasteiger partial charge in [-0.2, -0.15) is 0 Å². The van der Waals surface area contributed by atoms with E-state index >= 15 is 0 Å². The van der Waals surface area contributed by atoms with Gasteiger partial charge in [0, 0.05) is 32.4 Å². The third-order valence-corrected chi connectivity index (χ3v) is 11.1. The number of aliphatic hydroxyl groups is 2. The maximum atomic E-state index is 13.6. The van der Waals surface area contributed by atoms with E-state index in [0.29, 0.717) is 38.6 Å². The number of hydrogen-bond donors (Lipinski definition) is 4. The molecule has 10 heteroatoms. The van der Waals surface area contributed by atoms with E-state index in [1.54, 1.807) is 19.1 Å². The van der Waals surface area contributed by atoms with Crippen molar-refractivity contribution in [1.29, 1.82) is 0 Å². The molecule has 3 saturated heterocycles. The standard InChI is InChI=1S/C40H68N2O8/c1-8-12-32(44)22-34-18-19-40(47)24-29(5)35(50-40)15-11-20-41-39(46)30(6)37-25-42-38(45)23-36(49-34)27(3)13-9-10-14-33(48-37)17-16-26(2)21-28(4)31(7)43/h8,12,21,26-27,29-31,33-37,43,47H,9-11,13-20,22-25H2,1-7H3,(H,41,46)(H,42,45)/b12-8+,28-21+/t26-,27+,29+,30-,31+,33-,34+,35-,36+,37+,40-/m1/s1. The van der Waals surface area contributed by atoms with Gasteiger partial charge in [-0.05, 0) is 95.1 Å². The molecule has 286 valence electrons. The van der Waals surface area contributed by atoms with Crippen LogP contribution in [0.2, 0.25) is 0 Å². The zero-order chi connectivity index (χ0) is 36.8. The predicted octanol–water partition coefficient (Wildman–Crippen LogP) is 5.93. The lowest BCUT2D eigenvalue weighted by Crippen LogP contribution is -2.46. The number of amides is 2. The molecule has 3 fully saturated rings. The van der Waals surface area contributed by atoms with Crippen molar-refractivity contribution >= 4 is 17.6 Å². The molecule has 0 spiro atoms. The van der Waals surface area contributed by atoms with Crippen molar-refractivity contribution in [3.63, 3.8) is 0 Å². The van der Waals surface area contributed by atoms with Crippen molar-refractivity contribution in [3.8, 4) is 0 Å². The summed E-state index contributed by atoms with van der Waals surface area (Å²) in [6, 6.07) is 0. The number of nitrogens with one attached hydrogen (secondary N) is 2. The van der Waals surface area contributed by atoms with Crippen molar-refractivity contribution in [3.05, 3.63) is 23.8 Å². The highest BCUT2D eigenvalue weighted by molar-refractivity contribution is 5.89. The molecule has 3 rings (SSSR count). The third kappa shape index (κ3) is 14.1. The first-order chi connectivity index (χ1) is 23.7. The highest BCUT2D eigenvalue weighted by Crippen LogP contribution is 2.39. The van der Waals surface area contributed by atoms with Gasteiger partial charge < -0.3 is 35.1 Å². The quantitative estimate of drug-likeness (QED) is 0.180. The molecule has 0 aromatic heterocycles. The molecule has 10 nitrogen and oxygen atoms in total. The van der Waals surface area contributed by atoms with Gasteiger partial charge in [0.2, 0.25) is 11.8 Å². The molecule has 50 heavy (non-hydrogen) atoms. The van der Waals surface area contributed by atoms with Crippen molar-refractivity contribution < 1.29 is 38.8 Å². The molecule has 0 aromatic rings. The second kappa shape index (κ2) is 20.8. The molecule has 0 unspecified atom stereocenters. The minimum absolute atomic E-state index is 0.0498. The van der Waals surface area contributed by atoms with Gasteiger partial charge in [0.1, 0.15) is 0 Å². The molecular formula is C40H68N2O8. The lowest BCUT2D eigenvalue weighted by atomic mass is 9.92. The van der Waals surface area contributed by atoms with Crippen LogP contribution in [0.15, 0.2) is 23.8 Å². The normalized spacial score (nSPS) is 36.0. The largest absolute Gasteiger partial charge is 0.389 e. The van der Waals surface area contributed by atoms with Crippen LogP contribution in [-0.4, -0.2) is 83.3 Å². The highest BCUT2D eigenvalue weighted by atomic mass is 16.6. The first kappa shape index (κ1) is 42.3. The molecule has 2 amide bonds. The summed E-state index contributed by atoms with van der Waals surface area (Å²) in [6.07, 6.45) is 11.4. The number of fused-ring (bicyclic) bond motifs is 7. The number of allylic oxidation sites excluding steroid dienone is 3. The Morgan fingerprint density at radius 3 is 2.40 bits per heavy atom. The number of aliphatic hydroxyl groups excluding tert-OH is 1. The number of rotatable bonds is 8. The van der Waals surface area contributed by atoms with Gasteiger partial charge in [-0.3, -0.25) is 14.4 Å². The van der Waals surface area contributed by atoms with E-state index in [9.17, 15) is 24.6 Å². The number of hydrogen-bond acceptors (Lipinski definition) is 8.